The Hall–Kier alpha value is -1.42. The fourth-order valence-electron chi connectivity index (χ4n) is 1.50. The summed E-state index contributed by atoms with van der Waals surface area (Å²) in [6.07, 6.45) is 0.517. The number of hydrogen-bond acceptors (Lipinski definition) is 2. The summed E-state index contributed by atoms with van der Waals surface area (Å²) in [6.45, 7) is 0.521. The second kappa shape index (κ2) is 5.61. The highest BCUT2D eigenvalue weighted by molar-refractivity contribution is 5.67. The summed E-state index contributed by atoms with van der Waals surface area (Å²) in [5.74, 6) is -1.08. The van der Waals surface area contributed by atoms with E-state index in [0.29, 0.717) is 18.5 Å². The van der Waals surface area contributed by atoms with Crippen LogP contribution < -0.4 is 0 Å². The number of nitrogens with zero attached hydrogens (tertiary/aromatic N) is 1. The number of aliphatic carboxylic acids is 1. The first-order chi connectivity index (χ1) is 7.49. The van der Waals surface area contributed by atoms with Crippen molar-refractivity contribution in [1.82, 2.24) is 4.90 Å². The molecule has 0 radical (unpaired) electrons. The molecule has 1 N–H and O–H groups in total. The predicted octanol–water partition coefficient (Wildman–Crippen LogP) is 1.90. The van der Waals surface area contributed by atoms with Crippen molar-refractivity contribution in [2.45, 2.75) is 19.4 Å². The van der Waals surface area contributed by atoms with E-state index in [4.69, 9.17) is 5.11 Å². The van der Waals surface area contributed by atoms with Crippen LogP contribution >= 0.6 is 0 Å². The Bertz CT molecular complexity index is 377. The molecule has 0 heterocycles. The predicted molar refractivity (Wildman–Crippen MR) is 59.7 cm³/mol. The smallest absolute Gasteiger partial charge is 0.303 e. The third-order valence-corrected chi connectivity index (χ3v) is 2.22. The molecule has 0 aliphatic heterocycles. The van der Waals surface area contributed by atoms with E-state index in [9.17, 15) is 9.18 Å². The van der Waals surface area contributed by atoms with Crippen molar-refractivity contribution in [1.29, 1.82) is 0 Å². The minimum atomic E-state index is -0.835. The van der Waals surface area contributed by atoms with Crippen LogP contribution in [0.3, 0.4) is 0 Å². The lowest BCUT2D eigenvalue weighted by molar-refractivity contribution is -0.136. The third kappa shape index (κ3) is 3.98. The van der Waals surface area contributed by atoms with Gasteiger partial charge in [-0.15, -0.1) is 0 Å². The van der Waals surface area contributed by atoms with E-state index in [1.54, 1.807) is 12.1 Å². The first kappa shape index (κ1) is 12.6. The van der Waals surface area contributed by atoms with Crippen molar-refractivity contribution in [2.75, 3.05) is 14.1 Å². The zero-order valence-electron chi connectivity index (χ0n) is 9.53. The molecule has 3 nitrogen and oxygen atoms in total. The van der Waals surface area contributed by atoms with Crippen LogP contribution in [0.2, 0.25) is 0 Å². The zero-order valence-corrected chi connectivity index (χ0v) is 9.53. The lowest BCUT2D eigenvalue weighted by Gasteiger charge is -2.11. The van der Waals surface area contributed by atoms with Gasteiger partial charge in [0.2, 0.25) is 0 Å². The molecule has 4 heteroatoms. The molecule has 0 bridgehead atoms. The van der Waals surface area contributed by atoms with E-state index in [0.717, 1.165) is 5.56 Å². The van der Waals surface area contributed by atoms with Crippen molar-refractivity contribution in [3.05, 3.63) is 35.1 Å². The van der Waals surface area contributed by atoms with Gasteiger partial charge in [0.25, 0.3) is 0 Å². The average molecular weight is 225 g/mol. The van der Waals surface area contributed by atoms with Crippen LogP contribution in [0.1, 0.15) is 17.5 Å². The molecule has 0 fully saturated rings. The highest BCUT2D eigenvalue weighted by atomic mass is 19.1. The Kier molecular flexibility index (Phi) is 4.43. The summed E-state index contributed by atoms with van der Waals surface area (Å²) in [7, 11) is 3.73. The molecular formula is C12H16FNO2. The molecular weight excluding hydrogens is 209 g/mol. The van der Waals surface area contributed by atoms with E-state index >= 15 is 0 Å². The molecule has 0 aliphatic rings. The highest BCUT2D eigenvalue weighted by Crippen LogP contribution is 2.13. The molecule has 0 saturated heterocycles. The van der Waals surface area contributed by atoms with Gasteiger partial charge in [-0.05, 0) is 32.1 Å². The number of aryl methyl sites for hydroxylation is 1. The monoisotopic (exact) mass is 225 g/mol. The van der Waals surface area contributed by atoms with Crippen molar-refractivity contribution in [3.8, 4) is 0 Å². The maximum Gasteiger partial charge on any atom is 0.303 e. The molecule has 0 saturated carbocycles. The first-order valence-corrected chi connectivity index (χ1v) is 5.13. The van der Waals surface area contributed by atoms with Gasteiger partial charge in [-0.1, -0.05) is 12.1 Å². The van der Waals surface area contributed by atoms with E-state index in [1.807, 2.05) is 19.0 Å². The number of carbonyl (C=O) groups is 1. The minimum absolute atomic E-state index is 0.0764. The number of benzene rings is 1. The van der Waals surface area contributed by atoms with Crippen LogP contribution in [0.5, 0.6) is 0 Å². The van der Waals surface area contributed by atoms with Crippen molar-refractivity contribution < 1.29 is 14.3 Å². The molecule has 16 heavy (non-hydrogen) atoms. The Balaban J connectivity index is 2.76. The van der Waals surface area contributed by atoms with Gasteiger partial charge in [0, 0.05) is 18.5 Å². The molecule has 0 aliphatic carbocycles. The molecule has 88 valence electrons. The van der Waals surface area contributed by atoms with Crippen molar-refractivity contribution in [3.63, 3.8) is 0 Å². The van der Waals surface area contributed by atoms with Gasteiger partial charge in [-0.2, -0.15) is 0 Å². The molecule has 1 aromatic rings. The number of carboxylic acids is 1. The second-order valence-corrected chi connectivity index (χ2v) is 4.06. The largest absolute Gasteiger partial charge is 0.481 e. The van der Waals surface area contributed by atoms with Gasteiger partial charge >= 0.3 is 5.97 Å². The van der Waals surface area contributed by atoms with Crippen LogP contribution in [0.25, 0.3) is 0 Å². The summed E-state index contributed by atoms with van der Waals surface area (Å²) in [6, 6.07) is 4.77. The fraction of sp³-hybridized carbons (Fsp3) is 0.417. The lowest BCUT2D eigenvalue weighted by Crippen LogP contribution is -2.12. The molecule has 0 atom stereocenters. The normalized spacial score (nSPS) is 10.8. The van der Waals surface area contributed by atoms with E-state index in [1.165, 1.54) is 6.07 Å². The maximum atomic E-state index is 13.4. The summed E-state index contributed by atoms with van der Waals surface area (Å²) >= 11 is 0. The van der Waals surface area contributed by atoms with Gasteiger partial charge in [-0.3, -0.25) is 4.79 Å². The summed E-state index contributed by atoms with van der Waals surface area (Å²) < 4.78 is 13.4. The quantitative estimate of drug-likeness (QED) is 0.832. The highest BCUT2D eigenvalue weighted by Gasteiger charge is 2.06. The van der Waals surface area contributed by atoms with Gasteiger partial charge in [0.1, 0.15) is 5.82 Å². The van der Waals surface area contributed by atoms with Gasteiger partial charge in [0.15, 0.2) is 0 Å². The molecule has 0 amide bonds. The zero-order chi connectivity index (χ0) is 12.1. The Labute approximate surface area is 94.5 Å². The Morgan fingerprint density at radius 2 is 2.12 bits per heavy atom. The Morgan fingerprint density at radius 3 is 2.69 bits per heavy atom. The minimum Gasteiger partial charge on any atom is -0.481 e. The lowest BCUT2D eigenvalue weighted by atomic mass is 10.1. The van der Waals surface area contributed by atoms with Gasteiger partial charge in [-0.25, -0.2) is 4.39 Å². The summed E-state index contributed by atoms with van der Waals surface area (Å²) in [4.78, 5) is 12.3. The second-order valence-electron chi connectivity index (χ2n) is 4.06. The molecule has 0 unspecified atom stereocenters. The number of hydrogen-bond donors (Lipinski definition) is 1. The maximum absolute atomic E-state index is 13.4. The molecule has 0 aromatic heterocycles. The number of halogens is 1. The SMILES string of the molecule is CN(C)Cc1cc(CCC(=O)O)ccc1F. The summed E-state index contributed by atoms with van der Waals surface area (Å²) in [5, 5.41) is 8.56. The van der Waals surface area contributed by atoms with Crippen LogP contribution in [-0.4, -0.2) is 30.1 Å². The molecule has 0 spiro atoms. The van der Waals surface area contributed by atoms with Crippen LogP contribution in [-0.2, 0) is 17.8 Å². The van der Waals surface area contributed by atoms with Gasteiger partial charge < -0.3 is 10.0 Å². The Morgan fingerprint density at radius 1 is 1.44 bits per heavy atom. The summed E-state index contributed by atoms with van der Waals surface area (Å²) in [5.41, 5.74) is 1.47. The standard InChI is InChI=1S/C12H16FNO2/c1-14(2)8-10-7-9(3-5-11(10)13)4-6-12(15)16/h3,5,7H,4,6,8H2,1-2H3,(H,15,16). The van der Waals surface area contributed by atoms with Crippen LogP contribution in [0.4, 0.5) is 4.39 Å². The van der Waals surface area contributed by atoms with Crippen LogP contribution in [0.15, 0.2) is 18.2 Å². The number of rotatable bonds is 5. The van der Waals surface area contributed by atoms with Crippen LogP contribution in [0, 0.1) is 5.82 Å². The van der Waals surface area contributed by atoms with E-state index < -0.39 is 5.97 Å². The molecule has 1 aromatic carbocycles. The van der Waals surface area contributed by atoms with Gasteiger partial charge in [0.05, 0.1) is 0 Å². The topological polar surface area (TPSA) is 40.5 Å². The number of carboxylic acid groups (broad SMARTS) is 1. The molecule has 1 rings (SSSR count). The van der Waals surface area contributed by atoms with Crippen molar-refractivity contribution >= 4 is 5.97 Å². The van der Waals surface area contributed by atoms with E-state index in [2.05, 4.69) is 0 Å². The van der Waals surface area contributed by atoms with E-state index in [-0.39, 0.29) is 12.2 Å². The fourth-order valence-corrected chi connectivity index (χ4v) is 1.50. The first-order valence-electron chi connectivity index (χ1n) is 5.13. The van der Waals surface area contributed by atoms with Crippen molar-refractivity contribution in [2.24, 2.45) is 0 Å². The average Bonchev–Trinajstić information content (AvgIpc) is 2.18. The third-order valence-electron chi connectivity index (χ3n) is 2.22.